The Labute approximate surface area is 176 Å². The second-order valence-corrected chi connectivity index (χ2v) is 7.05. The molecule has 3 rings (SSSR count). The fourth-order valence-electron chi connectivity index (χ4n) is 3.60. The number of nitrogens with one attached hydrogen (secondary N) is 1. The molecule has 1 N–H and O–H groups in total. The molecule has 1 atom stereocenters. The van der Waals surface area contributed by atoms with E-state index in [0.29, 0.717) is 35.5 Å². The third-order valence-electron chi connectivity index (χ3n) is 5.22. The summed E-state index contributed by atoms with van der Waals surface area (Å²) < 4.78 is 10.6. The number of benzene rings is 2. The van der Waals surface area contributed by atoms with Gasteiger partial charge in [0.05, 0.1) is 31.4 Å². The summed E-state index contributed by atoms with van der Waals surface area (Å²) in [5.41, 5.74) is 1.77. The zero-order valence-corrected chi connectivity index (χ0v) is 17.4. The Balaban J connectivity index is 1.55. The molecule has 2 aromatic rings. The Hall–Kier alpha value is -3.35. The van der Waals surface area contributed by atoms with Gasteiger partial charge in [-0.05, 0) is 42.7 Å². The Morgan fingerprint density at radius 3 is 2.20 bits per heavy atom. The summed E-state index contributed by atoms with van der Waals surface area (Å²) in [5, 5.41) is 3.01. The van der Waals surface area contributed by atoms with Crippen molar-refractivity contribution in [3.05, 3.63) is 59.2 Å². The number of hydrogen-bond acceptors (Lipinski definition) is 5. The molecule has 0 radical (unpaired) electrons. The van der Waals surface area contributed by atoms with Crippen molar-refractivity contribution in [2.24, 2.45) is 0 Å². The highest BCUT2D eigenvalue weighted by atomic mass is 16.5. The number of ether oxygens (including phenoxy) is 2. The summed E-state index contributed by atoms with van der Waals surface area (Å²) >= 11 is 0. The Morgan fingerprint density at radius 1 is 1.00 bits per heavy atom. The first-order chi connectivity index (χ1) is 14.5. The first-order valence-corrected chi connectivity index (χ1v) is 9.96. The number of carbonyl (C=O) groups excluding carboxylic acids is 3. The smallest absolute Gasteiger partial charge is 0.261 e. The molecular weight excluding hydrogens is 384 g/mol. The SMILES string of the molecule is CCC(NC(=O)CCCN1C(=O)c2ccccc2C1=O)c1ccc(OC)c(OC)c1. The first-order valence-electron chi connectivity index (χ1n) is 9.96. The average molecular weight is 410 g/mol. The van der Waals surface area contributed by atoms with E-state index >= 15 is 0 Å². The van der Waals surface area contributed by atoms with Crippen molar-refractivity contribution in [3.63, 3.8) is 0 Å². The maximum Gasteiger partial charge on any atom is 0.261 e. The van der Waals surface area contributed by atoms with Gasteiger partial charge in [0.15, 0.2) is 11.5 Å². The number of amides is 3. The Kier molecular flexibility index (Phi) is 6.72. The topological polar surface area (TPSA) is 84.9 Å². The summed E-state index contributed by atoms with van der Waals surface area (Å²) in [4.78, 5) is 38.4. The van der Waals surface area contributed by atoms with Crippen molar-refractivity contribution in [2.45, 2.75) is 32.2 Å². The minimum Gasteiger partial charge on any atom is -0.493 e. The van der Waals surface area contributed by atoms with Crippen molar-refractivity contribution in [2.75, 3.05) is 20.8 Å². The van der Waals surface area contributed by atoms with Crippen LogP contribution >= 0.6 is 0 Å². The molecular formula is C23H26N2O5. The third-order valence-corrected chi connectivity index (χ3v) is 5.22. The van der Waals surface area contributed by atoms with Gasteiger partial charge in [0.2, 0.25) is 5.91 Å². The van der Waals surface area contributed by atoms with Crippen molar-refractivity contribution in [1.29, 1.82) is 0 Å². The number of fused-ring (bicyclic) bond motifs is 1. The number of carbonyl (C=O) groups is 3. The minimum atomic E-state index is -0.298. The van der Waals surface area contributed by atoms with Gasteiger partial charge in [0.25, 0.3) is 11.8 Å². The molecule has 30 heavy (non-hydrogen) atoms. The lowest BCUT2D eigenvalue weighted by atomic mass is 10.0. The lowest BCUT2D eigenvalue weighted by Gasteiger charge is -2.19. The number of nitrogens with zero attached hydrogens (tertiary/aromatic N) is 1. The quantitative estimate of drug-likeness (QED) is 0.641. The van der Waals surface area contributed by atoms with E-state index < -0.39 is 0 Å². The zero-order valence-electron chi connectivity index (χ0n) is 17.4. The number of hydrogen-bond donors (Lipinski definition) is 1. The average Bonchev–Trinajstić information content (AvgIpc) is 3.02. The van der Waals surface area contributed by atoms with Gasteiger partial charge < -0.3 is 14.8 Å². The fourth-order valence-corrected chi connectivity index (χ4v) is 3.60. The van der Waals surface area contributed by atoms with Gasteiger partial charge in [0, 0.05) is 13.0 Å². The van der Waals surface area contributed by atoms with E-state index in [4.69, 9.17) is 9.47 Å². The van der Waals surface area contributed by atoms with Crippen LogP contribution in [0.1, 0.15) is 58.5 Å². The standard InChI is InChI=1S/C23H26N2O5/c1-4-18(15-11-12-19(29-2)20(14-15)30-3)24-21(26)10-7-13-25-22(27)16-8-5-6-9-17(16)23(25)28/h5-6,8-9,11-12,14,18H,4,7,10,13H2,1-3H3,(H,24,26). The van der Waals surface area contributed by atoms with E-state index in [1.54, 1.807) is 38.5 Å². The zero-order chi connectivity index (χ0) is 21.7. The Bertz CT molecular complexity index is 921. The van der Waals surface area contributed by atoms with Crippen LogP contribution in [0.15, 0.2) is 42.5 Å². The lowest BCUT2D eigenvalue weighted by Crippen LogP contribution is -2.32. The van der Waals surface area contributed by atoms with E-state index in [9.17, 15) is 14.4 Å². The van der Waals surface area contributed by atoms with E-state index in [1.165, 1.54) is 4.90 Å². The molecule has 0 saturated carbocycles. The molecule has 1 heterocycles. The summed E-state index contributed by atoms with van der Waals surface area (Å²) in [7, 11) is 3.14. The van der Waals surface area contributed by atoms with Gasteiger partial charge >= 0.3 is 0 Å². The molecule has 7 nitrogen and oxygen atoms in total. The third kappa shape index (κ3) is 4.30. The maximum atomic E-state index is 12.5. The molecule has 7 heteroatoms. The van der Waals surface area contributed by atoms with Crippen LogP contribution in [0.5, 0.6) is 11.5 Å². The molecule has 0 fully saturated rings. The van der Waals surface area contributed by atoms with Crippen LogP contribution in [-0.4, -0.2) is 43.4 Å². The van der Waals surface area contributed by atoms with E-state index in [2.05, 4.69) is 5.32 Å². The molecule has 0 saturated heterocycles. The molecule has 2 aromatic carbocycles. The molecule has 0 aliphatic carbocycles. The van der Waals surface area contributed by atoms with Crippen LogP contribution in [0.2, 0.25) is 0 Å². The number of methoxy groups -OCH3 is 2. The minimum absolute atomic E-state index is 0.131. The highest BCUT2D eigenvalue weighted by Gasteiger charge is 2.34. The predicted octanol–water partition coefficient (Wildman–Crippen LogP) is 3.35. The first kappa shape index (κ1) is 21.4. The van der Waals surface area contributed by atoms with Crippen LogP contribution in [0.3, 0.4) is 0 Å². The number of rotatable bonds is 9. The molecule has 158 valence electrons. The van der Waals surface area contributed by atoms with Gasteiger partial charge in [-0.2, -0.15) is 0 Å². The van der Waals surface area contributed by atoms with Crippen molar-refractivity contribution < 1.29 is 23.9 Å². The van der Waals surface area contributed by atoms with Crippen molar-refractivity contribution in [1.82, 2.24) is 10.2 Å². The molecule has 3 amide bonds. The van der Waals surface area contributed by atoms with Crippen LogP contribution in [-0.2, 0) is 4.79 Å². The number of imide groups is 1. The highest BCUT2D eigenvalue weighted by molar-refractivity contribution is 6.21. The van der Waals surface area contributed by atoms with Gasteiger partial charge in [-0.15, -0.1) is 0 Å². The second kappa shape index (κ2) is 9.43. The Morgan fingerprint density at radius 2 is 1.63 bits per heavy atom. The molecule has 1 aliphatic rings. The molecule has 0 spiro atoms. The molecule has 1 aliphatic heterocycles. The maximum absolute atomic E-state index is 12.5. The van der Waals surface area contributed by atoms with Crippen LogP contribution in [0, 0.1) is 0 Å². The largest absolute Gasteiger partial charge is 0.493 e. The van der Waals surface area contributed by atoms with Crippen LogP contribution in [0.4, 0.5) is 0 Å². The predicted molar refractivity (Wildman–Crippen MR) is 112 cm³/mol. The van der Waals surface area contributed by atoms with Gasteiger partial charge in [-0.25, -0.2) is 0 Å². The van der Waals surface area contributed by atoms with Gasteiger partial charge in [0.1, 0.15) is 0 Å². The van der Waals surface area contributed by atoms with Crippen LogP contribution in [0.25, 0.3) is 0 Å². The molecule has 1 unspecified atom stereocenters. The van der Waals surface area contributed by atoms with Crippen molar-refractivity contribution in [3.8, 4) is 11.5 Å². The summed E-state index contributed by atoms with van der Waals surface area (Å²) in [6, 6.07) is 12.2. The molecule has 0 aromatic heterocycles. The summed E-state index contributed by atoms with van der Waals surface area (Å²) in [6.45, 7) is 2.20. The molecule has 0 bridgehead atoms. The van der Waals surface area contributed by atoms with Crippen LogP contribution < -0.4 is 14.8 Å². The highest BCUT2D eigenvalue weighted by Crippen LogP contribution is 2.31. The van der Waals surface area contributed by atoms with E-state index in [-0.39, 0.29) is 36.7 Å². The van der Waals surface area contributed by atoms with Gasteiger partial charge in [-0.1, -0.05) is 25.1 Å². The second-order valence-electron chi connectivity index (χ2n) is 7.05. The summed E-state index contributed by atoms with van der Waals surface area (Å²) in [6.07, 6.45) is 1.33. The van der Waals surface area contributed by atoms with Crippen molar-refractivity contribution >= 4 is 17.7 Å². The lowest BCUT2D eigenvalue weighted by molar-refractivity contribution is -0.122. The van der Waals surface area contributed by atoms with Gasteiger partial charge in [-0.3, -0.25) is 19.3 Å². The monoisotopic (exact) mass is 410 g/mol. The van der Waals surface area contributed by atoms with E-state index in [0.717, 1.165) is 5.56 Å². The van der Waals surface area contributed by atoms with E-state index in [1.807, 2.05) is 25.1 Å². The summed E-state index contributed by atoms with van der Waals surface area (Å²) in [5.74, 6) is 0.505. The normalized spacial score (nSPS) is 13.8. The fraction of sp³-hybridized carbons (Fsp3) is 0.348.